The Labute approximate surface area is 100.0 Å². The minimum atomic E-state index is -1.08. The van der Waals surface area contributed by atoms with E-state index in [4.69, 9.17) is 5.11 Å². The lowest BCUT2D eigenvalue weighted by molar-refractivity contribution is -0.138. The highest BCUT2D eigenvalue weighted by Crippen LogP contribution is 2.18. The first-order valence-corrected chi connectivity index (χ1v) is 5.67. The molecule has 1 aliphatic rings. The van der Waals surface area contributed by atoms with Gasteiger partial charge in [0.25, 0.3) is 0 Å². The van der Waals surface area contributed by atoms with Crippen molar-refractivity contribution >= 4 is 17.8 Å². The highest BCUT2D eigenvalue weighted by atomic mass is 16.4. The standard InChI is InChI=1S/C11H18N2O4/c1-7(2)5-13-6-8(3-9(13)14)11(17)12-4-10(15)16/h7-8H,3-6H2,1-2H3,(H,12,17)(H,15,16). The number of aliphatic carboxylic acids is 1. The molecule has 0 radical (unpaired) electrons. The third-order valence-corrected chi connectivity index (χ3v) is 2.58. The minimum absolute atomic E-state index is 0.0332. The normalized spacial score (nSPS) is 19.8. The fourth-order valence-corrected chi connectivity index (χ4v) is 1.87. The molecule has 0 bridgehead atoms. The molecule has 6 heteroatoms. The quantitative estimate of drug-likeness (QED) is 0.692. The van der Waals surface area contributed by atoms with Crippen molar-refractivity contribution in [3.63, 3.8) is 0 Å². The first kappa shape index (κ1) is 13.5. The van der Waals surface area contributed by atoms with Crippen LogP contribution in [0.2, 0.25) is 0 Å². The van der Waals surface area contributed by atoms with E-state index in [1.54, 1.807) is 4.90 Å². The van der Waals surface area contributed by atoms with Gasteiger partial charge < -0.3 is 15.3 Å². The van der Waals surface area contributed by atoms with Gasteiger partial charge in [-0.25, -0.2) is 0 Å². The maximum Gasteiger partial charge on any atom is 0.322 e. The van der Waals surface area contributed by atoms with Gasteiger partial charge in [0.2, 0.25) is 11.8 Å². The molecule has 1 unspecified atom stereocenters. The second-order valence-electron chi connectivity index (χ2n) is 4.71. The maximum absolute atomic E-state index is 11.6. The summed E-state index contributed by atoms with van der Waals surface area (Å²) in [5.41, 5.74) is 0. The molecule has 1 rings (SSSR count). The van der Waals surface area contributed by atoms with E-state index >= 15 is 0 Å². The Morgan fingerprint density at radius 3 is 2.71 bits per heavy atom. The monoisotopic (exact) mass is 242 g/mol. The highest BCUT2D eigenvalue weighted by molar-refractivity contribution is 5.90. The molecule has 17 heavy (non-hydrogen) atoms. The van der Waals surface area contributed by atoms with Crippen molar-refractivity contribution in [1.29, 1.82) is 0 Å². The van der Waals surface area contributed by atoms with Crippen molar-refractivity contribution in [2.75, 3.05) is 19.6 Å². The van der Waals surface area contributed by atoms with E-state index < -0.39 is 18.4 Å². The third-order valence-electron chi connectivity index (χ3n) is 2.58. The van der Waals surface area contributed by atoms with Crippen molar-refractivity contribution in [2.45, 2.75) is 20.3 Å². The van der Waals surface area contributed by atoms with E-state index in [-0.39, 0.29) is 18.2 Å². The largest absolute Gasteiger partial charge is 0.480 e. The van der Waals surface area contributed by atoms with Crippen LogP contribution in [-0.4, -0.2) is 47.4 Å². The van der Waals surface area contributed by atoms with Gasteiger partial charge >= 0.3 is 5.97 Å². The van der Waals surface area contributed by atoms with Crippen LogP contribution in [0.1, 0.15) is 20.3 Å². The first-order chi connectivity index (χ1) is 7.90. The number of hydrogen-bond acceptors (Lipinski definition) is 3. The summed E-state index contributed by atoms with van der Waals surface area (Å²) in [6.07, 6.45) is 0.179. The Hall–Kier alpha value is -1.59. The molecule has 1 atom stereocenters. The summed E-state index contributed by atoms with van der Waals surface area (Å²) in [6, 6.07) is 0. The summed E-state index contributed by atoms with van der Waals surface area (Å²) in [4.78, 5) is 35.1. The van der Waals surface area contributed by atoms with Gasteiger partial charge in [-0.2, -0.15) is 0 Å². The summed E-state index contributed by atoms with van der Waals surface area (Å²) in [5, 5.41) is 10.7. The molecule has 0 saturated carbocycles. The van der Waals surface area contributed by atoms with Crippen LogP contribution in [0.25, 0.3) is 0 Å². The minimum Gasteiger partial charge on any atom is -0.480 e. The average Bonchev–Trinajstić information content (AvgIpc) is 2.56. The van der Waals surface area contributed by atoms with E-state index in [1.165, 1.54) is 0 Å². The predicted octanol–water partition coefficient (Wildman–Crippen LogP) is -0.308. The molecule has 1 heterocycles. The number of carbonyl (C=O) groups excluding carboxylic acids is 2. The Balaban J connectivity index is 2.45. The summed E-state index contributed by atoms with van der Waals surface area (Å²) in [7, 11) is 0. The van der Waals surface area contributed by atoms with Gasteiger partial charge in [-0.1, -0.05) is 13.8 Å². The zero-order valence-corrected chi connectivity index (χ0v) is 10.1. The molecule has 2 N–H and O–H groups in total. The van der Waals surface area contributed by atoms with Crippen molar-refractivity contribution in [3.8, 4) is 0 Å². The average molecular weight is 242 g/mol. The van der Waals surface area contributed by atoms with Crippen LogP contribution in [0.15, 0.2) is 0 Å². The van der Waals surface area contributed by atoms with E-state index in [2.05, 4.69) is 5.32 Å². The van der Waals surface area contributed by atoms with Crippen molar-refractivity contribution in [3.05, 3.63) is 0 Å². The first-order valence-electron chi connectivity index (χ1n) is 5.67. The summed E-state index contributed by atoms with van der Waals surface area (Å²) in [6.45, 7) is 4.65. The van der Waals surface area contributed by atoms with E-state index in [1.807, 2.05) is 13.8 Å². The molecule has 0 spiro atoms. The smallest absolute Gasteiger partial charge is 0.322 e. The van der Waals surface area contributed by atoms with Gasteiger partial charge in [0.1, 0.15) is 6.54 Å². The molecule has 0 aromatic carbocycles. The molecule has 1 saturated heterocycles. The predicted molar refractivity (Wildman–Crippen MR) is 60.2 cm³/mol. The Kier molecular flexibility index (Phi) is 4.48. The summed E-state index contributed by atoms with van der Waals surface area (Å²) in [5.74, 6) is -1.52. The second-order valence-corrected chi connectivity index (χ2v) is 4.71. The highest BCUT2D eigenvalue weighted by Gasteiger charge is 2.34. The molecule has 1 aliphatic heterocycles. The zero-order valence-electron chi connectivity index (χ0n) is 10.1. The topological polar surface area (TPSA) is 86.7 Å². The van der Waals surface area contributed by atoms with Crippen LogP contribution in [0.4, 0.5) is 0 Å². The second kappa shape index (κ2) is 5.65. The van der Waals surface area contributed by atoms with Gasteiger partial charge in [0.05, 0.1) is 5.92 Å². The summed E-state index contributed by atoms with van der Waals surface area (Å²) < 4.78 is 0. The molecular formula is C11H18N2O4. The van der Waals surface area contributed by atoms with Crippen LogP contribution >= 0.6 is 0 Å². The molecule has 0 aromatic heterocycles. The number of nitrogens with zero attached hydrogens (tertiary/aromatic N) is 1. The Morgan fingerprint density at radius 1 is 1.53 bits per heavy atom. The lowest BCUT2D eigenvalue weighted by atomic mass is 10.1. The van der Waals surface area contributed by atoms with Crippen molar-refractivity contribution in [1.82, 2.24) is 10.2 Å². The lowest BCUT2D eigenvalue weighted by Crippen LogP contribution is -2.36. The molecule has 2 amide bonds. The summed E-state index contributed by atoms with van der Waals surface area (Å²) >= 11 is 0. The van der Waals surface area contributed by atoms with Gasteiger partial charge in [-0.15, -0.1) is 0 Å². The molecule has 0 aromatic rings. The number of carboxylic acid groups (broad SMARTS) is 1. The van der Waals surface area contributed by atoms with E-state index in [0.717, 1.165) is 0 Å². The van der Waals surface area contributed by atoms with Gasteiger partial charge in [-0.05, 0) is 5.92 Å². The fourth-order valence-electron chi connectivity index (χ4n) is 1.87. The number of likely N-dealkylation sites (tertiary alicyclic amines) is 1. The fraction of sp³-hybridized carbons (Fsp3) is 0.727. The van der Waals surface area contributed by atoms with Gasteiger partial charge in [0, 0.05) is 19.5 Å². The zero-order chi connectivity index (χ0) is 13.0. The Bertz CT molecular complexity index is 327. The van der Waals surface area contributed by atoms with E-state index in [0.29, 0.717) is 19.0 Å². The SMILES string of the molecule is CC(C)CN1CC(C(=O)NCC(=O)O)CC1=O. The third kappa shape index (κ3) is 4.05. The van der Waals surface area contributed by atoms with E-state index in [9.17, 15) is 14.4 Å². The van der Waals surface area contributed by atoms with Gasteiger partial charge in [-0.3, -0.25) is 14.4 Å². The van der Waals surface area contributed by atoms with Crippen LogP contribution in [0, 0.1) is 11.8 Å². The number of carbonyl (C=O) groups is 3. The number of hydrogen-bond donors (Lipinski definition) is 2. The Morgan fingerprint density at radius 2 is 2.18 bits per heavy atom. The number of carboxylic acids is 1. The molecule has 6 nitrogen and oxygen atoms in total. The van der Waals surface area contributed by atoms with Crippen molar-refractivity contribution in [2.24, 2.45) is 11.8 Å². The molecule has 96 valence electrons. The number of amides is 2. The van der Waals surface area contributed by atoms with Gasteiger partial charge in [0.15, 0.2) is 0 Å². The molecular weight excluding hydrogens is 224 g/mol. The lowest BCUT2D eigenvalue weighted by Gasteiger charge is -2.18. The number of rotatable bonds is 5. The van der Waals surface area contributed by atoms with Crippen molar-refractivity contribution < 1.29 is 19.5 Å². The molecule has 1 fully saturated rings. The van der Waals surface area contributed by atoms with Crippen LogP contribution in [0.5, 0.6) is 0 Å². The van der Waals surface area contributed by atoms with Crippen LogP contribution < -0.4 is 5.32 Å². The molecule has 0 aliphatic carbocycles. The maximum atomic E-state index is 11.6. The van der Waals surface area contributed by atoms with Crippen LogP contribution in [0.3, 0.4) is 0 Å². The number of nitrogens with one attached hydrogen (secondary N) is 1. The van der Waals surface area contributed by atoms with Crippen LogP contribution in [-0.2, 0) is 14.4 Å².